The Morgan fingerprint density at radius 2 is 2.10 bits per heavy atom. The van der Waals surface area contributed by atoms with Crippen molar-refractivity contribution in [3.63, 3.8) is 0 Å². The number of rotatable bonds is 13. The highest BCUT2D eigenvalue weighted by Crippen LogP contribution is 2.30. The number of aromatic nitrogens is 2. The van der Waals surface area contributed by atoms with Crippen LogP contribution in [0.5, 0.6) is 5.75 Å². The molecule has 6 nitrogen and oxygen atoms in total. The Labute approximate surface area is 244 Å². The normalized spacial score (nSPS) is 17.2. The highest BCUT2D eigenvalue weighted by Gasteiger charge is 2.24. The largest absolute Gasteiger partial charge is 0.496 e. The Morgan fingerprint density at radius 3 is 2.83 bits per heavy atom. The minimum absolute atomic E-state index is 0.00411. The molecule has 1 aromatic heterocycles. The van der Waals surface area contributed by atoms with Gasteiger partial charge in [-0.1, -0.05) is 52.7 Å². The van der Waals surface area contributed by atoms with Crippen LogP contribution in [0.3, 0.4) is 0 Å². The molecule has 1 saturated heterocycles. The molecular formula is C34H47FN4O2. The number of halogens is 1. The van der Waals surface area contributed by atoms with Crippen molar-refractivity contribution in [2.24, 2.45) is 11.8 Å². The Balaban J connectivity index is 1.49. The van der Waals surface area contributed by atoms with Crippen molar-refractivity contribution < 1.29 is 13.9 Å². The van der Waals surface area contributed by atoms with Crippen LogP contribution in [0.2, 0.25) is 0 Å². The van der Waals surface area contributed by atoms with Crippen LogP contribution in [0, 0.1) is 17.7 Å². The summed E-state index contributed by atoms with van der Waals surface area (Å²) < 4.78 is 19.9. The maximum atomic E-state index is 14.5. The summed E-state index contributed by atoms with van der Waals surface area (Å²) in [5.41, 5.74) is 4.37. The lowest BCUT2D eigenvalue weighted by Crippen LogP contribution is -2.47. The van der Waals surface area contributed by atoms with E-state index in [0.717, 1.165) is 68.1 Å². The molecule has 1 amide bonds. The number of ether oxygens (including phenoxy) is 1. The SMILES string of the molecule is CCCC/C(=C\CC(CC)C(C)C)c1n[nH]c2ccc(C(=O)NC3CCCN(Cc4c(F)cccc4OC)C3)cc12. The van der Waals surface area contributed by atoms with E-state index in [1.807, 2.05) is 18.2 Å². The molecule has 2 heterocycles. The molecule has 7 heteroatoms. The fourth-order valence-corrected chi connectivity index (χ4v) is 5.98. The molecule has 0 radical (unpaired) electrons. The number of carbonyl (C=O) groups excluding carboxylic acids is 1. The number of nitrogens with zero attached hydrogens (tertiary/aromatic N) is 2. The molecule has 2 unspecified atom stereocenters. The van der Waals surface area contributed by atoms with E-state index >= 15 is 0 Å². The molecule has 222 valence electrons. The average molecular weight is 563 g/mol. The van der Waals surface area contributed by atoms with Gasteiger partial charge in [0.15, 0.2) is 0 Å². The summed E-state index contributed by atoms with van der Waals surface area (Å²) in [5.74, 6) is 1.50. The highest BCUT2D eigenvalue weighted by atomic mass is 19.1. The molecule has 3 aromatic rings. The molecule has 2 atom stereocenters. The van der Waals surface area contributed by atoms with Gasteiger partial charge in [-0.3, -0.25) is 14.8 Å². The van der Waals surface area contributed by atoms with E-state index in [-0.39, 0.29) is 17.8 Å². The third-order valence-corrected chi connectivity index (χ3v) is 8.58. The van der Waals surface area contributed by atoms with Gasteiger partial charge in [0.1, 0.15) is 11.6 Å². The maximum Gasteiger partial charge on any atom is 0.251 e. The van der Waals surface area contributed by atoms with Crippen molar-refractivity contribution in [1.29, 1.82) is 0 Å². The number of methoxy groups -OCH3 is 1. The van der Waals surface area contributed by atoms with Crippen LogP contribution in [-0.4, -0.2) is 47.2 Å². The summed E-state index contributed by atoms with van der Waals surface area (Å²) in [6.07, 6.45) is 9.62. The monoisotopic (exact) mass is 562 g/mol. The predicted molar refractivity (Wildman–Crippen MR) is 166 cm³/mol. The summed E-state index contributed by atoms with van der Waals surface area (Å²) in [4.78, 5) is 15.6. The molecule has 2 N–H and O–H groups in total. The van der Waals surface area contributed by atoms with Crippen LogP contribution in [0.1, 0.15) is 94.3 Å². The molecule has 2 aromatic carbocycles. The van der Waals surface area contributed by atoms with Crippen molar-refractivity contribution in [3.8, 4) is 5.75 Å². The molecule has 0 aliphatic carbocycles. The molecular weight excluding hydrogens is 515 g/mol. The number of likely N-dealkylation sites (tertiary alicyclic amines) is 1. The van der Waals surface area contributed by atoms with E-state index < -0.39 is 0 Å². The van der Waals surface area contributed by atoms with Gasteiger partial charge in [0, 0.05) is 35.6 Å². The lowest BCUT2D eigenvalue weighted by Gasteiger charge is -2.33. The van der Waals surface area contributed by atoms with Crippen LogP contribution < -0.4 is 10.1 Å². The number of hydrogen-bond donors (Lipinski definition) is 2. The first kappa shape index (κ1) is 30.8. The Morgan fingerprint density at radius 1 is 1.27 bits per heavy atom. The van der Waals surface area contributed by atoms with E-state index in [0.29, 0.717) is 41.8 Å². The minimum Gasteiger partial charge on any atom is -0.496 e. The zero-order chi connectivity index (χ0) is 29.4. The van der Waals surface area contributed by atoms with Crippen LogP contribution in [0.15, 0.2) is 42.5 Å². The number of piperidine rings is 1. The number of aromatic amines is 1. The molecule has 41 heavy (non-hydrogen) atoms. The fourth-order valence-electron chi connectivity index (χ4n) is 5.98. The van der Waals surface area contributed by atoms with Crippen molar-refractivity contribution in [3.05, 3.63) is 65.1 Å². The zero-order valence-electron chi connectivity index (χ0n) is 25.4. The smallest absolute Gasteiger partial charge is 0.251 e. The number of allylic oxidation sites excluding steroid dienone is 2. The second kappa shape index (κ2) is 14.6. The van der Waals surface area contributed by atoms with E-state index in [2.05, 4.69) is 49.1 Å². The molecule has 0 saturated carbocycles. The molecule has 0 spiro atoms. The number of carbonyl (C=O) groups is 1. The van der Waals surface area contributed by atoms with Crippen molar-refractivity contribution in [2.75, 3.05) is 20.2 Å². The number of unbranched alkanes of at least 4 members (excludes halogenated alkanes) is 1. The van der Waals surface area contributed by atoms with Crippen molar-refractivity contribution in [1.82, 2.24) is 20.4 Å². The van der Waals surface area contributed by atoms with Gasteiger partial charge >= 0.3 is 0 Å². The van der Waals surface area contributed by atoms with E-state index in [1.165, 1.54) is 11.6 Å². The van der Waals surface area contributed by atoms with Gasteiger partial charge in [0.25, 0.3) is 5.91 Å². The van der Waals surface area contributed by atoms with Crippen molar-refractivity contribution >= 4 is 22.4 Å². The summed E-state index contributed by atoms with van der Waals surface area (Å²) in [7, 11) is 1.57. The number of nitrogens with one attached hydrogen (secondary N) is 2. The quantitative estimate of drug-likeness (QED) is 0.223. The minimum atomic E-state index is -0.262. The van der Waals surface area contributed by atoms with Gasteiger partial charge in [0.2, 0.25) is 0 Å². The van der Waals surface area contributed by atoms with Crippen LogP contribution in [0.4, 0.5) is 4.39 Å². The van der Waals surface area contributed by atoms with Gasteiger partial charge in [-0.2, -0.15) is 5.10 Å². The Kier molecular flexibility index (Phi) is 11.0. The third kappa shape index (κ3) is 7.76. The van der Waals surface area contributed by atoms with Gasteiger partial charge in [0.05, 0.1) is 18.3 Å². The summed E-state index contributed by atoms with van der Waals surface area (Å²) in [6, 6.07) is 10.7. The molecule has 0 bridgehead atoms. The first-order valence-electron chi connectivity index (χ1n) is 15.4. The van der Waals surface area contributed by atoms with E-state index in [1.54, 1.807) is 19.2 Å². The zero-order valence-corrected chi connectivity index (χ0v) is 25.4. The van der Waals surface area contributed by atoms with Crippen LogP contribution in [0.25, 0.3) is 16.5 Å². The van der Waals surface area contributed by atoms with Crippen molar-refractivity contribution in [2.45, 2.75) is 85.2 Å². The van der Waals surface area contributed by atoms with Gasteiger partial charge in [-0.25, -0.2) is 4.39 Å². The maximum absolute atomic E-state index is 14.5. The summed E-state index contributed by atoms with van der Waals surface area (Å²) in [5, 5.41) is 12.1. The first-order chi connectivity index (χ1) is 19.8. The molecule has 4 rings (SSSR count). The summed E-state index contributed by atoms with van der Waals surface area (Å²) in [6.45, 7) is 11.1. The molecule has 1 aliphatic rings. The van der Waals surface area contributed by atoms with Gasteiger partial charge in [-0.15, -0.1) is 0 Å². The second-order valence-electron chi connectivity index (χ2n) is 11.8. The first-order valence-corrected chi connectivity index (χ1v) is 15.4. The highest BCUT2D eigenvalue weighted by molar-refractivity contribution is 6.00. The topological polar surface area (TPSA) is 70.2 Å². The van der Waals surface area contributed by atoms with E-state index in [4.69, 9.17) is 9.84 Å². The number of H-pyrrole nitrogens is 1. The standard InChI is InChI=1S/C34H47FN4O2/c1-6-8-11-25(16-15-24(7-2)23(3)4)33-28-20-26(17-18-31(28)37-38-33)34(40)36-27-12-10-19-39(21-27)22-29-30(35)13-9-14-32(29)41-5/h9,13-14,16-18,20,23-24,27H,6-8,10-12,15,19,21-22H2,1-5H3,(H,36,40)(H,37,38)/b25-16+. The Hall–Kier alpha value is -3.19. The fraction of sp³-hybridized carbons (Fsp3) is 0.529. The van der Waals surface area contributed by atoms with Gasteiger partial charge < -0.3 is 10.1 Å². The summed E-state index contributed by atoms with van der Waals surface area (Å²) >= 11 is 0. The van der Waals surface area contributed by atoms with Crippen LogP contribution in [-0.2, 0) is 6.54 Å². The number of fused-ring (bicyclic) bond motifs is 1. The number of benzene rings is 2. The lowest BCUT2D eigenvalue weighted by molar-refractivity contribution is 0.0899. The predicted octanol–water partition coefficient (Wildman–Crippen LogP) is 7.75. The van der Waals surface area contributed by atoms with E-state index in [9.17, 15) is 9.18 Å². The van der Waals surface area contributed by atoms with Crippen LogP contribution >= 0.6 is 0 Å². The number of amides is 1. The average Bonchev–Trinajstić information content (AvgIpc) is 3.39. The molecule has 1 fully saturated rings. The number of hydrogen-bond acceptors (Lipinski definition) is 4. The molecule has 1 aliphatic heterocycles. The second-order valence-corrected chi connectivity index (χ2v) is 11.8. The Bertz CT molecular complexity index is 1330. The lowest BCUT2D eigenvalue weighted by atomic mass is 9.88. The van der Waals surface area contributed by atoms with Gasteiger partial charge in [-0.05, 0) is 86.4 Å². The third-order valence-electron chi connectivity index (χ3n) is 8.58.